The van der Waals surface area contributed by atoms with Gasteiger partial charge in [0.25, 0.3) is 0 Å². The lowest BCUT2D eigenvalue weighted by Gasteiger charge is -2.16. The molecule has 1 aliphatic rings. The smallest absolute Gasteiger partial charge is 0.125 e. The molecule has 96 valence electrons. The van der Waals surface area contributed by atoms with Crippen LogP contribution in [0.4, 0.5) is 0 Å². The predicted octanol–water partition coefficient (Wildman–Crippen LogP) is 3.52. The van der Waals surface area contributed by atoms with Gasteiger partial charge in [0.2, 0.25) is 0 Å². The molecule has 0 radical (unpaired) electrons. The standard InChI is InChI=1S/C14H17ClN2O/c1-18-11-7-6-10(8-11)17-13-5-3-2-4-12(13)16-14(17)9-15/h2-5,10-11H,6-9H2,1H3. The van der Waals surface area contributed by atoms with E-state index < -0.39 is 0 Å². The molecule has 0 aliphatic heterocycles. The summed E-state index contributed by atoms with van der Waals surface area (Å²) in [5, 5.41) is 0. The van der Waals surface area contributed by atoms with E-state index in [1.807, 2.05) is 12.1 Å². The topological polar surface area (TPSA) is 27.1 Å². The van der Waals surface area contributed by atoms with E-state index in [-0.39, 0.29) is 0 Å². The van der Waals surface area contributed by atoms with Crippen LogP contribution in [0.25, 0.3) is 11.0 Å². The molecule has 1 aromatic heterocycles. The second-order valence-corrected chi connectivity index (χ2v) is 5.11. The Kier molecular flexibility index (Phi) is 3.27. The number of rotatable bonds is 3. The highest BCUT2D eigenvalue weighted by Crippen LogP contribution is 2.35. The van der Waals surface area contributed by atoms with Gasteiger partial charge in [0.15, 0.2) is 0 Å². The number of halogens is 1. The van der Waals surface area contributed by atoms with Gasteiger partial charge < -0.3 is 9.30 Å². The molecule has 2 unspecified atom stereocenters. The third-order valence-corrected chi connectivity index (χ3v) is 4.08. The fourth-order valence-corrected chi connectivity index (χ4v) is 3.15. The summed E-state index contributed by atoms with van der Waals surface area (Å²) in [6, 6.07) is 8.71. The van der Waals surface area contributed by atoms with Gasteiger partial charge in [-0.3, -0.25) is 0 Å². The minimum atomic E-state index is 0.374. The quantitative estimate of drug-likeness (QED) is 0.793. The molecular weight excluding hydrogens is 248 g/mol. The van der Waals surface area contributed by atoms with E-state index in [0.717, 1.165) is 30.6 Å². The van der Waals surface area contributed by atoms with Gasteiger partial charge in [-0.2, -0.15) is 0 Å². The Morgan fingerprint density at radius 1 is 1.39 bits per heavy atom. The monoisotopic (exact) mass is 264 g/mol. The number of benzene rings is 1. The van der Waals surface area contributed by atoms with E-state index in [9.17, 15) is 0 Å². The van der Waals surface area contributed by atoms with Crippen molar-refractivity contribution in [1.29, 1.82) is 0 Å². The molecule has 0 spiro atoms. The number of para-hydroxylation sites is 2. The number of alkyl halides is 1. The lowest BCUT2D eigenvalue weighted by Crippen LogP contribution is -2.11. The Bertz CT molecular complexity index is 552. The summed E-state index contributed by atoms with van der Waals surface area (Å²) in [5.41, 5.74) is 2.23. The van der Waals surface area contributed by atoms with Gasteiger partial charge in [0, 0.05) is 13.2 Å². The molecule has 0 saturated heterocycles. The molecule has 4 heteroatoms. The second kappa shape index (κ2) is 4.90. The van der Waals surface area contributed by atoms with Crippen molar-refractivity contribution in [2.75, 3.05) is 7.11 Å². The minimum Gasteiger partial charge on any atom is -0.381 e. The van der Waals surface area contributed by atoms with Gasteiger partial charge in [-0.05, 0) is 31.4 Å². The molecule has 1 aliphatic carbocycles. The molecule has 2 atom stereocenters. The number of imidazole rings is 1. The summed E-state index contributed by atoms with van der Waals surface area (Å²) in [6.07, 6.45) is 3.69. The zero-order valence-electron chi connectivity index (χ0n) is 10.5. The van der Waals surface area contributed by atoms with Crippen LogP contribution in [0.1, 0.15) is 31.1 Å². The fourth-order valence-electron chi connectivity index (χ4n) is 2.96. The van der Waals surface area contributed by atoms with E-state index in [0.29, 0.717) is 18.0 Å². The van der Waals surface area contributed by atoms with E-state index in [1.165, 1.54) is 5.52 Å². The highest BCUT2D eigenvalue weighted by Gasteiger charge is 2.28. The molecule has 2 aromatic rings. The Morgan fingerprint density at radius 3 is 2.94 bits per heavy atom. The Labute approximate surface area is 112 Å². The van der Waals surface area contributed by atoms with Gasteiger partial charge in [0.05, 0.1) is 23.0 Å². The lowest BCUT2D eigenvalue weighted by atomic mass is 10.2. The van der Waals surface area contributed by atoms with Gasteiger partial charge in [0.1, 0.15) is 5.82 Å². The van der Waals surface area contributed by atoms with Crippen molar-refractivity contribution >= 4 is 22.6 Å². The molecule has 0 bridgehead atoms. The van der Waals surface area contributed by atoms with Gasteiger partial charge >= 0.3 is 0 Å². The number of ether oxygens (including phenoxy) is 1. The first-order chi connectivity index (χ1) is 8.83. The summed E-state index contributed by atoms with van der Waals surface area (Å²) in [4.78, 5) is 4.62. The SMILES string of the molecule is COC1CCC(n2c(CCl)nc3ccccc32)C1. The van der Waals surface area contributed by atoms with Crippen LogP contribution in [0.3, 0.4) is 0 Å². The van der Waals surface area contributed by atoms with Crippen LogP contribution in [0.2, 0.25) is 0 Å². The maximum atomic E-state index is 6.04. The molecule has 0 amide bonds. The first kappa shape index (κ1) is 12.0. The number of aromatic nitrogens is 2. The molecule has 1 saturated carbocycles. The summed E-state index contributed by atoms with van der Waals surface area (Å²) < 4.78 is 7.77. The van der Waals surface area contributed by atoms with Gasteiger partial charge in [-0.15, -0.1) is 11.6 Å². The van der Waals surface area contributed by atoms with Crippen molar-refractivity contribution < 1.29 is 4.74 Å². The molecule has 1 fully saturated rings. The average molecular weight is 265 g/mol. The number of nitrogens with zero attached hydrogens (tertiary/aromatic N) is 2. The van der Waals surface area contributed by atoms with Crippen LogP contribution in [-0.2, 0) is 10.6 Å². The fraction of sp³-hybridized carbons (Fsp3) is 0.500. The maximum Gasteiger partial charge on any atom is 0.125 e. The van der Waals surface area contributed by atoms with Crippen molar-refractivity contribution in [1.82, 2.24) is 9.55 Å². The van der Waals surface area contributed by atoms with Crippen LogP contribution in [0, 0.1) is 0 Å². The largest absolute Gasteiger partial charge is 0.381 e. The summed E-state index contributed by atoms with van der Waals surface area (Å²) >= 11 is 6.04. The Hall–Kier alpha value is -1.06. The van der Waals surface area contributed by atoms with Crippen molar-refractivity contribution in [2.45, 2.75) is 37.3 Å². The number of fused-ring (bicyclic) bond motifs is 1. The Morgan fingerprint density at radius 2 is 2.22 bits per heavy atom. The zero-order chi connectivity index (χ0) is 12.5. The van der Waals surface area contributed by atoms with Crippen molar-refractivity contribution in [3.63, 3.8) is 0 Å². The molecule has 3 rings (SSSR count). The third-order valence-electron chi connectivity index (χ3n) is 3.84. The summed E-state index contributed by atoms with van der Waals surface area (Å²) in [5.74, 6) is 1.43. The normalized spacial score (nSPS) is 23.9. The van der Waals surface area contributed by atoms with Crippen molar-refractivity contribution in [2.24, 2.45) is 0 Å². The maximum absolute atomic E-state index is 6.04. The van der Waals surface area contributed by atoms with E-state index >= 15 is 0 Å². The zero-order valence-corrected chi connectivity index (χ0v) is 11.2. The minimum absolute atomic E-state index is 0.374. The molecule has 1 heterocycles. The van der Waals surface area contributed by atoms with Crippen molar-refractivity contribution in [3.8, 4) is 0 Å². The molecular formula is C14H17ClN2O. The number of hydrogen-bond acceptors (Lipinski definition) is 2. The van der Waals surface area contributed by atoms with Crippen LogP contribution in [0.15, 0.2) is 24.3 Å². The first-order valence-electron chi connectivity index (χ1n) is 6.38. The third kappa shape index (κ3) is 1.91. The highest BCUT2D eigenvalue weighted by atomic mass is 35.5. The predicted molar refractivity (Wildman–Crippen MR) is 73.0 cm³/mol. The highest BCUT2D eigenvalue weighted by molar-refractivity contribution is 6.16. The Balaban J connectivity index is 2.04. The van der Waals surface area contributed by atoms with Crippen molar-refractivity contribution in [3.05, 3.63) is 30.1 Å². The lowest BCUT2D eigenvalue weighted by molar-refractivity contribution is 0.106. The second-order valence-electron chi connectivity index (χ2n) is 4.84. The average Bonchev–Trinajstić information content (AvgIpc) is 3.01. The van der Waals surface area contributed by atoms with E-state index in [4.69, 9.17) is 16.3 Å². The number of methoxy groups -OCH3 is 1. The summed E-state index contributed by atoms with van der Waals surface area (Å²) in [7, 11) is 1.79. The molecule has 3 nitrogen and oxygen atoms in total. The van der Waals surface area contributed by atoms with Crippen LogP contribution >= 0.6 is 11.6 Å². The van der Waals surface area contributed by atoms with E-state index in [1.54, 1.807) is 7.11 Å². The van der Waals surface area contributed by atoms with Crippen LogP contribution in [0.5, 0.6) is 0 Å². The van der Waals surface area contributed by atoms with Gasteiger partial charge in [-0.1, -0.05) is 12.1 Å². The van der Waals surface area contributed by atoms with E-state index in [2.05, 4.69) is 21.7 Å². The summed E-state index contributed by atoms with van der Waals surface area (Å²) in [6.45, 7) is 0. The first-order valence-corrected chi connectivity index (χ1v) is 6.91. The van der Waals surface area contributed by atoms with Gasteiger partial charge in [-0.25, -0.2) is 4.98 Å². The molecule has 0 N–H and O–H groups in total. The molecule has 18 heavy (non-hydrogen) atoms. The number of hydrogen-bond donors (Lipinski definition) is 0. The van der Waals surface area contributed by atoms with Crippen LogP contribution < -0.4 is 0 Å². The molecule has 1 aromatic carbocycles. The van der Waals surface area contributed by atoms with Crippen LogP contribution in [-0.4, -0.2) is 22.8 Å².